The molecule has 30 heavy (non-hydrogen) atoms. The third-order valence-corrected chi connectivity index (χ3v) is 5.54. The first kappa shape index (κ1) is 24.4. The molecule has 0 saturated carbocycles. The zero-order valence-electron chi connectivity index (χ0n) is 18.9. The van der Waals surface area contributed by atoms with Crippen molar-refractivity contribution in [2.75, 3.05) is 11.7 Å². The molecule has 0 heterocycles. The third kappa shape index (κ3) is 9.77. The van der Waals surface area contributed by atoms with E-state index in [4.69, 9.17) is 4.84 Å². The number of anilines is 2. The van der Waals surface area contributed by atoms with Crippen LogP contribution < -0.4 is 5.06 Å². The van der Waals surface area contributed by atoms with Crippen LogP contribution in [0.1, 0.15) is 89.5 Å². The van der Waals surface area contributed by atoms with Crippen molar-refractivity contribution in [2.24, 2.45) is 0 Å². The van der Waals surface area contributed by atoms with E-state index in [0.717, 1.165) is 23.4 Å². The minimum Gasteiger partial charge on any atom is -0.392 e. The maximum Gasteiger partial charge on any atom is 0.0753 e. The summed E-state index contributed by atoms with van der Waals surface area (Å²) in [4.78, 5) is 6.16. The number of benzene rings is 2. The number of hydrogen-bond acceptors (Lipinski definition) is 3. The van der Waals surface area contributed by atoms with Gasteiger partial charge in [0, 0.05) is 0 Å². The summed E-state index contributed by atoms with van der Waals surface area (Å²) in [6.45, 7) is 3.02. The molecule has 2 aromatic rings. The maximum atomic E-state index is 9.45. The summed E-state index contributed by atoms with van der Waals surface area (Å²) < 4.78 is 0. The summed E-state index contributed by atoms with van der Waals surface area (Å²) in [6.07, 6.45) is 16.1. The van der Waals surface area contributed by atoms with E-state index in [0.29, 0.717) is 6.61 Å². The van der Waals surface area contributed by atoms with E-state index in [1.54, 1.807) is 0 Å². The number of para-hydroxylation sites is 1. The van der Waals surface area contributed by atoms with Gasteiger partial charge in [-0.05, 0) is 36.2 Å². The average molecular weight is 412 g/mol. The van der Waals surface area contributed by atoms with Crippen LogP contribution in [0.25, 0.3) is 0 Å². The monoisotopic (exact) mass is 411 g/mol. The zero-order chi connectivity index (χ0) is 21.3. The van der Waals surface area contributed by atoms with Gasteiger partial charge >= 0.3 is 0 Å². The molecule has 0 aliphatic rings. The molecule has 0 aliphatic heterocycles. The van der Waals surface area contributed by atoms with Gasteiger partial charge in [0.2, 0.25) is 0 Å². The van der Waals surface area contributed by atoms with Gasteiger partial charge in [-0.25, -0.2) is 5.06 Å². The number of rotatable bonds is 17. The van der Waals surface area contributed by atoms with Gasteiger partial charge in [-0.3, -0.25) is 4.84 Å². The van der Waals surface area contributed by atoms with Crippen molar-refractivity contribution in [3.8, 4) is 0 Å². The third-order valence-electron chi connectivity index (χ3n) is 5.54. The Kier molecular flexibility index (Phi) is 13.0. The fraction of sp³-hybridized carbons (Fsp3) is 0.556. The number of unbranched alkanes of at least 4 members (excludes halogenated alkanes) is 11. The topological polar surface area (TPSA) is 32.7 Å². The molecule has 3 nitrogen and oxygen atoms in total. The Morgan fingerprint density at radius 2 is 1.23 bits per heavy atom. The quantitative estimate of drug-likeness (QED) is 0.212. The van der Waals surface area contributed by atoms with Crippen LogP contribution in [-0.4, -0.2) is 11.7 Å². The van der Waals surface area contributed by atoms with Crippen molar-refractivity contribution in [1.82, 2.24) is 0 Å². The summed E-state index contributed by atoms with van der Waals surface area (Å²) in [7, 11) is 0. The van der Waals surface area contributed by atoms with E-state index in [1.165, 1.54) is 70.6 Å². The van der Waals surface area contributed by atoms with Crippen LogP contribution in [0.2, 0.25) is 0 Å². The van der Waals surface area contributed by atoms with Crippen molar-refractivity contribution >= 4 is 11.4 Å². The molecule has 0 atom stereocenters. The zero-order valence-corrected chi connectivity index (χ0v) is 18.9. The lowest BCUT2D eigenvalue weighted by Gasteiger charge is -2.24. The average Bonchev–Trinajstić information content (AvgIpc) is 2.80. The minimum atomic E-state index is 0.0369. The first-order valence-electron chi connectivity index (χ1n) is 12.0. The van der Waals surface area contributed by atoms with Crippen molar-refractivity contribution in [2.45, 2.75) is 90.6 Å². The second-order valence-electron chi connectivity index (χ2n) is 8.18. The van der Waals surface area contributed by atoms with Crippen molar-refractivity contribution < 1.29 is 9.94 Å². The molecule has 0 fully saturated rings. The molecule has 0 aliphatic carbocycles. The Morgan fingerprint density at radius 3 is 1.83 bits per heavy atom. The summed E-state index contributed by atoms with van der Waals surface area (Å²) in [6, 6.07) is 18.0. The lowest BCUT2D eigenvalue weighted by atomic mass is 10.1. The molecule has 3 heteroatoms. The molecule has 1 N–H and O–H groups in total. The predicted molar refractivity (Wildman–Crippen MR) is 128 cm³/mol. The molecule has 0 amide bonds. The lowest BCUT2D eigenvalue weighted by Crippen LogP contribution is -2.18. The second-order valence-corrected chi connectivity index (χ2v) is 8.18. The van der Waals surface area contributed by atoms with Gasteiger partial charge in [-0.2, -0.15) is 0 Å². The molecule has 0 bridgehead atoms. The highest BCUT2D eigenvalue weighted by atomic mass is 16.7. The Bertz CT molecular complexity index is 659. The van der Waals surface area contributed by atoms with E-state index < -0.39 is 0 Å². The highest BCUT2D eigenvalue weighted by molar-refractivity contribution is 5.60. The maximum absolute atomic E-state index is 9.45. The Morgan fingerprint density at radius 1 is 0.667 bits per heavy atom. The van der Waals surface area contributed by atoms with Gasteiger partial charge < -0.3 is 5.11 Å². The van der Waals surface area contributed by atoms with Gasteiger partial charge in [0.25, 0.3) is 0 Å². The molecular weight excluding hydrogens is 370 g/mol. The molecule has 166 valence electrons. The van der Waals surface area contributed by atoms with Crippen molar-refractivity contribution in [1.29, 1.82) is 0 Å². The van der Waals surface area contributed by atoms with Crippen molar-refractivity contribution in [3.63, 3.8) is 0 Å². The Balaban J connectivity index is 1.64. The summed E-state index contributed by atoms with van der Waals surface area (Å²) in [5.74, 6) is 0. The molecule has 0 unspecified atom stereocenters. The van der Waals surface area contributed by atoms with Gasteiger partial charge in [-0.1, -0.05) is 108 Å². The highest BCUT2D eigenvalue weighted by Gasteiger charge is 2.10. The number of aliphatic hydroxyl groups excluding tert-OH is 1. The molecular formula is C27H41NO2. The van der Waals surface area contributed by atoms with E-state index in [1.807, 2.05) is 59.7 Å². The smallest absolute Gasteiger partial charge is 0.0753 e. The molecule has 0 spiro atoms. The van der Waals surface area contributed by atoms with Crippen LogP contribution in [0, 0.1) is 0 Å². The van der Waals surface area contributed by atoms with Crippen LogP contribution in [0.3, 0.4) is 0 Å². The SMILES string of the molecule is CCCCCCCCCCCCCCON(c1ccccc1)c1cccc(CO)c1. The van der Waals surface area contributed by atoms with Crippen LogP contribution in [-0.2, 0) is 11.4 Å². The first-order valence-corrected chi connectivity index (χ1v) is 12.0. The van der Waals surface area contributed by atoms with Crippen LogP contribution in [0.4, 0.5) is 11.4 Å². The Labute approximate surface area is 184 Å². The standard InChI is InChI=1S/C27H41NO2/c1-2-3-4-5-6-7-8-9-10-11-12-16-22-30-28(26-19-14-13-15-20-26)27-21-17-18-25(23-27)24-29/h13-15,17-21,23,29H,2-12,16,22,24H2,1H3. The van der Waals surface area contributed by atoms with Crippen molar-refractivity contribution in [3.05, 3.63) is 60.2 Å². The normalized spacial score (nSPS) is 11.0. The van der Waals surface area contributed by atoms with Crippen LogP contribution in [0.15, 0.2) is 54.6 Å². The molecule has 0 aromatic heterocycles. The molecule has 2 aromatic carbocycles. The predicted octanol–water partition coefficient (Wildman–Crippen LogP) is 7.95. The molecule has 2 rings (SSSR count). The Hall–Kier alpha value is -1.84. The van der Waals surface area contributed by atoms with Gasteiger partial charge in [0.15, 0.2) is 0 Å². The van der Waals surface area contributed by atoms with E-state index in [2.05, 4.69) is 6.92 Å². The van der Waals surface area contributed by atoms with Gasteiger partial charge in [0.05, 0.1) is 24.6 Å². The molecule has 0 radical (unpaired) electrons. The number of hydrogen-bond donors (Lipinski definition) is 1. The first-order chi connectivity index (χ1) is 14.8. The van der Waals surface area contributed by atoms with Gasteiger partial charge in [-0.15, -0.1) is 0 Å². The summed E-state index contributed by atoms with van der Waals surface area (Å²) in [5, 5.41) is 11.3. The van der Waals surface area contributed by atoms with Crippen LogP contribution in [0.5, 0.6) is 0 Å². The van der Waals surface area contributed by atoms with Crippen LogP contribution >= 0.6 is 0 Å². The van der Waals surface area contributed by atoms with E-state index in [9.17, 15) is 5.11 Å². The second kappa shape index (κ2) is 15.9. The van der Waals surface area contributed by atoms with Gasteiger partial charge in [0.1, 0.15) is 0 Å². The van der Waals surface area contributed by atoms with E-state index >= 15 is 0 Å². The molecule has 0 saturated heterocycles. The summed E-state index contributed by atoms with van der Waals surface area (Å²) in [5.41, 5.74) is 2.85. The van der Waals surface area contributed by atoms with E-state index in [-0.39, 0.29) is 6.61 Å². The number of nitrogens with zero attached hydrogens (tertiary/aromatic N) is 1. The number of aliphatic hydroxyl groups is 1. The highest BCUT2D eigenvalue weighted by Crippen LogP contribution is 2.26. The minimum absolute atomic E-state index is 0.0369. The lowest BCUT2D eigenvalue weighted by molar-refractivity contribution is 0.131. The fourth-order valence-corrected chi connectivity index (χ4v) is 3.74. The largest absolute Gasteiger partial charge is 0.392 e. The summed E-state index contributed by atoms with van der Waals surface area (Å²) >= 11 is 0. The fourth-order valence-electron chi connectivity index (χ4n) is 3.74.